The number of carboxylic acid groups (broad SMARTS) is 1. The van der Waals surface area contributed by atoms with E-state index < -0.39 is 28.8 Å². The lowest BCUT2D eigenvalue weighted by Gasteiger charge is -2.39. The van der Waals surface area contributed by atoms with Crippen LogP contribution in [0.25, 0.3) is 27.6 Å². The van der Waals surface area contributed by atoms with Gasteiger partial charge in [0.25, 0.3) is 5.56 Å². The summed E-state index contributed by atoms with van der Waals surface area (Å²) in [4.78, 5) is 49.2. The summed E-state index contributed by atoms with van der Waals surface area (Å²) in [7, 11) is 1.57. The number of carboxylic acids is 1. The van der Waals surface area contributed by atoms with Crippen molar-refractivity contribution in [2.45, 2.75) is 18.0 Å². The van der Waals surface area contributed by atoms with Crippen molar-refractivity contribution in [1.82, 2.24) is 24.4 Å². The fraction of sp³-hybridized carbons (Fsp3) is 0.103. The molecule has 236 valence electrons. The predicted molar refractivity (Wildman–Crippen MR) is 185 cm³/mol. The van der Waals surface area contributed by atoms with Crippen LogP contribution in [0.15, 0.2) is 149 Å². The highest BCUT2D eigenvalue weighted by atomic mass is 16.4. The van der Waals surface area contributed by atoms with Crippen LogP contribution in [0, 0.1) is 0 Å². The van der Waals surface area contributed by atoms with Crippen molar-refractivity contribution in [1.29, 1.82) is 0 Å². The summed E-state index contributed by atoms with van der Waals surface area (Å²) in [5.74, 6) is -1.03. The Kier molecular flexibility index (Phi) is 7.96. The number of hydrogen-bond donors (Lipinski definition) is 2. The molecule has 3 aromatic heterocycles. The van der Waals surface area contributed by atoms with Gasteiger partial charge < -0.3 is 5.11 Å². The first-order valence-electron chi connectivity index (χ1n) is 15.5. The van der Waals surface area contributed by atoms with Gasteiger partial charge in [0.2, 0.25) is 0 Å². The SMILES string of the molecule is Cn1c(=O)n(-c2ccc(C[C@H](NC(c3ccccc3)(c3ccccc3)c3ccccc3)C(=O)O)c3cccnc23)c(=O)c2cccnc21. The number of nitrogens with zero attached hydrogens (tertiary/aromatic N) is 4. The minimum absolute atomic E-state index is 0.0839. The van der Waals surface area contributed by atoms with E-state index in [0.29, 0.717) is 27.5 Å². The number of pyridine rings is 2. The molecular formula is C39H31N5O4. The van der Waals surface area contributed by atoms with E-state index in [1.165, 1.54) is 10.8 Å². The molecule has 1 atom stereocenters. The van der Waals surface area contributed by atoms with Crippen LogP contribution in [-0.4, -0.2) is 36.2 Å². The highest BCUT2D eigenvalue weighted by Crippen LogP contribution is 2.38. The quantitative estimate of drug-likeness (QED) is 0.210. The third-order valence-electron chi connectivity index (χ3n) is 8.83. The summed E-state index contributed by atoms with van der Waals surface area (Å²) in [5.41, 5.74) is 2.26. The van der Waals surface area contributed by atoms with E-state index in [4.69, 9.17) is 0 Å². The molecule has 0 aliphatic heterocycles. The molecule has 0 amide bonds. The summed E-state index contributed by atoms with van der Waals surface area (Å²) in [6, 6.07) is 38.7. The van der Waals surface area contributed by atoms with E-state index in [0.717, 1.165) is 21.3 Å². The number of benzene rings is 4. The summed E-state index contributed by atoms with van der Waals surface area (Å²) >= 11 is 0. The first-order valence-corrected chi connectivity index (χ1v) is 15.5. The normalized spacial score (nSPS) is 12.3. The van der Waals surface area contributed by atoms with Gasteiger partial charge in [-0.05, 0) is 52.9 Å². The molecule has 0 saturated carbocycles. The van der Waals surface area contributed by atoms with Gasteiger partial charge >= 0.3 is 11.7 Å². The molecule has 0 aliphatic rings. The Morgan fingerprint density at radius 1 is 0.729 bits per heavy atom. The fourth-order valence-electron chi connectivity index (χ4n) is 6.56. The maximum absolute atomic E-state index is 13.7. The smallest absolute Gasteiger partial charge is 0.337 e. The predicted octanol–water partition coefficient (Wildman–Crippen LogP) is 5.21. The Labute approximate surface area is 275 Å². The standard InChI is InChI=1S/C39H31N5O4/c1-43-35-31(20-12-24-41-35)36(45)44(38(43)48)33-22-21-26(30-19-11-23-40-34(30)33)25-32(37(46)47)42-39(27-13-5-2-6-14-27,28-15-7-3-8-16-28)29-17-9-4-10-18-29/h2-24,32,42H,25H2,1H3,(H,46,47)/t32-/m0/s1. The maximum Gasteiger partial charge on any atom is 0.337 e. The minimum atomic E-state index is -1.07. The van der Waals surface area contributed by atoms with E-state index >= 15 is 0 Å². The molecule has 0 unspecified atom stereocenters. The summed E-state index contributed by atoms with van der Waals surface area (Å²) in [6.07, 6.45) is 3.21. The van der Waals surface area contributed by atoms with Crippen LogP contribution in [0.1, 0.15) is 22.3 Å². The Morgan fingerprint density at radius 3 is 1.83 bits per heavy atom. The Balaban J connectivity index is 1.38. The van der Waals surface area contributed by atoms with Crippen LogP contribution in [0.4, 0.5) is 0 Å². The summed E-state index contributed by atoms with van der Waals surface area (Å²) in [6.45, 7) is 0. The van der Waals surface area contributed by atoms with E-state index in [1.54, 1.807) is 43.6 Å². The van der Waals surface area contributed by atoms with Crippen LogP contribution in [0.5, 0.6) is 0 Å². The Bertz CT molecular complexity index is 2290. The van der Waals surface area contributed by atoms with E-state index in [2.05, 4.69) is 15.3 Å². The van der Waals surface area contributed by atoms with Gasteiger partial charge in [-0.25, -0.2) is 14.3 Å². The van der Waals surface area contributed by atoms with Crippen molar-refractivity contribution >= 4 is 27.9 Å². The average Bonchev–Trinajstić information content (AvgIpc) is 3.14. The topological polar surface area (TPSA) is 119 Å². The number of aromatic nitrogens is 4. The summed E-state index contributed by atoms with van der Waals surface area (Å²) < 4.78 is 2.43. The molecule has 0 bridgehead atoms. The van der Waals surface area contributed by atoms with E-state index in [9.17, 15) is 19.5 Å². The Hall–Kier alpha value is -6.19. The third kappa shape index (κ3) is 5.16. The van der Waals surface area contributed by atoms with Crippen LogP contribution in [-0.2, 0) is 23.8 Å². The highest BCUT2D eigenvalue weighted by Gasteiger charge is 2.40. The molecule has 0 spiro atoms. The lowest BCUT2D eigenvalue weighted by atomic mass is 9.76. The van der Waals surface area contributed by atoms with Gasteiger partial charge in [0, 0.05) is 24.8 Å². The van der Waals surface area contributed by atoms with Crippen LogP contribution in [0.3, 0.4) is 0 Å². The number of nitrogens with one attached hydrogen (secondary N) is 1. The number of rotatable bonds is 9. The van der Waals surface area contributed by atoms with Crippen molar-refractivity contribution in [3.63, 3.8) is 0 Å². The molecule has 3 heterocycles. The van der Waals surface area contributed by atoms with Gasteiger partial charge in [-0.2, -0.15) is 0 Å². The van der Waals surface area contributed by atoms with Crippen molar-refractivity contribution in [3.05, 3.63) is 183 Å². The molecule has 0 radical (unpaired) electrons. The second kappa shape index (κ2) is 12.5. The number of hydrogen-bond acceptors (Lipinski definition) is 6. The molecule has 0 aliphatic carbocycles. The number of aryl methyl sites for hydroxylation is 1. The lowest BCUT2D eigenvalue weighted by Crippen LogP contribution is -2.53. The molecule has 0 saturated heterocycles. The van der Waals surface area contributed by atoms with Gasteiger partial charge in [-0.3, -0.25) is 24.5 Å². The number of fused-ring (bicyclic) bond motifs is 2. The zero-order valence-electron chi connectivity index (χ0n) is 26.0. The van der Waals surface area contributed by atoms with Crippen molar-refractivity contribution in [2.24, 2.45) is 7.05 Å². The average molecular weight is 634 g/mol. The minimum Gasteiger partial charge on any atom is -0.480 e. The number of aliphatic carboxylic acids is 1. The summed E-state index contributed by atoms with van der Waals surface area (Å²) in [5, 5.41) is 15.3. The second-order valence-electron chi connectivity index (χ2n) is 11.6. The monoisotopic (exact) mass is 633 g/mol. The molecule has 7 rings (SSSR count). The molecule has 9 heteroatoms. The molecular weight excluding hydrogens is 602 g/mol. The largest absolute Gasteiger partial charge is 0.480 e. The number of carbonyl (C=O) groups is 1. The van der Waals surface area contributed by atoms with E-state index in [-0.39, 0.29) is 12.1 Å². The fourth-order valence-corrected chi connectivity index (χ4v) is 6.56. The van der Waals surface area contributed by atoms with Crippen molar-refractivity contribution in [2.75, 3.05) is 0 Å². The molecule has 48 heavy (non-hydrogen) atoms. The first kappa shape index (κ1) is 30.5. The first-order chi connectivity index (χ1) is 23.4. The lowest BCUT2D eigenvalue weighted by molar-refractivity contribution is -0.139. The second-order valence-corrected chi connectivity index (χ2v) is 11.6. The van der Waals surface area contributed by atoms with Crippen LogP contribution < -0.4 is 16.6 Å². The maximum atomic E-state index is 13.7. The van der Waals surface area contributed by atoms with E-state index in [1.807, 2.05) is 97.1 Å². The van der Waals surface area contributed by atoms with Gasteiger partial charge in [0.1, 0.15) is 11.7 Å². The Morgan fingerprint density at radius 2 is 1.27 bits per heavy atom. The molecule has 7 aromatic rings. The van der Waals surface area contributed by atoms with Crippen molar-refractivity contribution in [3.8, 4) is 5.69 Å². The highest BCUT2D eigenvalue weighted by molar-refractivity contribution is 5.90. The van der Waals surface area contributed by atoms with Crippen molar-refractivity contribution < 1.29 is 9.90 Å². The van der Waals surface area contributed by atoms with Gasteiger partial charge in [-0.1, -0.05) is 103 Å². The third-order valence-corrected chi connectivity index (χ3v) is 8.83. The molecule has 9 nitrogen and oxygen atoms in total. The molecule has 2 N–H and O–H groups in total. The van der Waals surface area contributed by atoms with Crippen LogP contribution in [0.2, 0.25) is 0 Å². The molecule has 4 aromatic carbocycles. The zero-order valence-corrected chi connectivity index (χ0v) is 26.0. The van der Waals surface area contributed by atoms with Gasteiger partial charge in [-0.15, -0.1) is 0 Å². The zero-order chi connectivity index (χ0) is 33.3. The molecule has 0 fully saturated rings. The van der Waals surface area contributed by atoms with Gasteiger partial charge in [0.05, 0.1) is 22.1 Å². The van der Waals surface area contributed by atoms with Gasteiger partial charge in [0.15, 0.2) is 0 Å². The van der Waals surface area contributed by atoms with Crippen LogP contribution >= 0.6 is 0 Å².